The molecule has 2 heterocycles. The van der Waals surface area contributed by atoms with Crippen molar-refractivity contribution in [1.82, 2.24) is 9.88 Å². The summed E-state index contributed by atoms with van der Waals surface area (Å²) in [6, 6.07) is -0.692. The number of nitrogens with zero attached hydrogens (tertiary/aromatic N) is 2. The van der Waals surface area contributed by atoms with Gasteiger partial charge in [-0.2, -0.15) is 0 Å². The van der Waals surface area contributed by atoms with Gasteiger partial charge in [0, 0.05) is 11.9 Å². The normalized spacial score (nSPS) is 20.8. The van der Waals surface area contributed by atoms with Crippen molar-refractivity contribution < 1.29 is 14.7 Å². The minimum Gasteiger partial charge on any atom is -0.480 e. The monoisotopic (exact) mass is 240 g/mol. The molecule has 0 aromatic carbocycles. The molecule has 1 aromatic heterocycles. The highest BCUT2D eigenvalue weighted by Gasteiger charge is 2.32. The molecule has 0 radical (unpaired) electrons. The molecule has 0 spiro atoms. The molecule has 0 saturated carbocycles. The second kappa shape index (κ2) is 4.61. The molecule has 6 heteroatoms. The first kappa shape index (κ1) is 11.1. The number of amides is 1. The van der Waals surface area contributed by atoms with Crippen LogP contribution in [0.25, 0.3) is 0 Å². The van der Waals surface area contributed by atoms with Crippen molar-refractivity contribution >= 4 is 23.2 Å². The zero-order chi connectivity index (χ0) is 11.5. The van der Waals surface area contributed by atoms with Crippen LogP contribution >= 0.6 is 11.3 Å². The van der Waals surface area contributed by atoms with Gasteiger partial charge in [-0.3, -0.25) is 4.79 Å². The van der Waals surface area contributed by atoms with E-state index < -0.39 is 12.0 Å². The third kappa shape index (κ3) is 2.06. The molecule has 1 saturated heterocycles. The highest BCUT2D eigenvalue weighted by atomic mass is 32.1. The number of hydrogen-bond acceptors (Lipinski definition) is 4. The molecule has 0 unspecified atom stereocenters. The minimum atomic E-state index is -0.928. The Morgan fingerprint density at radius 3 is 2.94 bits per heavy atom. The van der Waals surface area contributed by atoms with E-state index in [0.717, 1.165) is 12.8 Å². The van der Waals surface area contributed by atoms with Gasteiger partial charge in [0.05, 0.1) is 5.51 Å². The summed E-state index contributed by atoms with van der Waals surface area (Å²) in [7, 11) is 0. The van der Waals surface area contributed by atoms with Crippen LogP contribution in [0.5, 0.6) is 0 Å². The summed E-state index contributed by atoms with van der Waals surface area (Å²) < 4.78 is 0. The standard InChI is InChI=1S/C10H12N2O3S/c13-9(7-5-16-6-11-7)12-4-2-1-3-8(12)10(14)15/h5-6,8H,1-4H2,(H,14,15)/t8-/m0/s1. The van der Waals surface area contributed by atoms with Crippen LogP contribution in [-0.4, -0.2) is 39.5 Å². The average molecular weight is 240 g/mol. The van der Waals surface area contributed by atoms with Crippen LogP contribution in [0.4, 0.5) is 0 Å². The van der Waals surface area contributed by atoms with Crippen LogP contribution in [0.2, 0.25) is 0 Å². The summed E-state index contributed by atoms with van der Waals surface area (Å²) in [4.78, 5) is 28.3. The molecule has 1 fully saturated rings. The van der Waals surface area contributed by atoms with E-state index >= 15 is 0 Å². The lowest BCUT2D eigenvalue weighted by molar-refractivity contribution is -0.143. The maximum atomic E-state index is 12.0. The fourth-order valence-corrected chi connectivity index (χ4v) is 2.42. The van der Waals surface area contributed by atoms with Gasteiger partial charge < -0.3 is 10.0 Å². The van der Waals surface area contributed by atoms with Gasteiger partial charge in [0.15, 0.2) is 0 Å². The number of hydrogen-bond donors (Lipinski definition) is 1. The summed E-state index contributed by atoms with van der Waals surface area (Å²) in [5.41, 5.74) is 1.92. The second-order valence-electron chi connectivity index (χ2n) is 3.72. The Morgan fingerprint density at radius 2 is 2.31 bits per heavy atom. The van der Waals surface area contributed by atoms with Crippen LogP contribution in [0, 0.1) is 0 Å². The Kier molecular flexibility index (Phi) is 3.19. The van der Waals surface area contributed by atoms with E-state index in [2.05, 4.69) is 4.98 Å². The van der Waals surface area contributed by atoms with Gasteiger partial charge in [-0.25, -0.2) is 9.78 Å². The molecule has 1 amide bonds. The molecule has 1 aliphatic rings. The molecular weight excluding hydrogens is 228 g/mol. The maximum Gasteiger partial charge on any atom is 0.326 e. The van der Waals surface area contributed by atoms with Crippen molar-refractivity contribution in [3.8, 4) is 0 Å². The number of carbonyl (C=O) groups is 2. The van der Waals surface area contributed by atoms with Gasteiger partial charge in [-0.15, -0.1) is 11.3 Å². The fraction of sp³-hybridized carbons (Fsp3) is 0.500. The number of piperidine rings is 1. The van der Waals surface area contributed by atoms with E-state index in [1.807, 2.05) is 0 Å². The third-order valence-electron chi connectivity index (χ3n) is 2.70. The number of carboxylic acid groups (broad SMARTS) is 1. The van der Waals surface area contributed by atoms with Crippen molar-refractivity contribution in [2.24, 2.45) is 0 Å². The minimum absolute atomic E-state index is 0.270. The molecule has 1 aliphatic heterocycles. The third-order valence-corrected chi connectivity index (χ3v) is 3.29. The van der Waals surface area contributed by atoms with Crippen molar-refractivity contribution in [3.05, 3.63) is 16.6 Å². The van der Waals surface area contributed by atoms with Crippen LogP contribution in [0.3, 0.4) is 0 Å². The van der Waals surface area contributed by atoms with E-state index in [1.54, 1.807) is 10.9 Å². The molecule has 2 rings (SSSR count). The predicted octanol–water partition coefficient (Wildman–Crippen LogP) is 1.22. The Morgan fingerprint density at radius 1 is 1.50 bits per heavy atom. The first-order valence-corrected chi connectivity index (χ1v) is 6.06. The highest BCUT2D eigenvalue weighted by Crippen LogP contribution is 2.19. The molecule has 1 atom stereocenters. The number of aliphatic carboxylic acids is 1. The second-order valence-corrected chi connectivity index (χ2v) is 4.44. The van der Waals surface area contributed by atoms with Crippen LogP contribution in [-0.2, 0) is 4.79 Å². The van der Waals surface area contributed by atoms with Crippen LogP contribution in [0.15, 0.2) is 10.9 Å². The quantitative estimate of drug-likeness (QED) is 0.843. The average Bonchev–Trinajstić information content (AvgIpc) is 2.81. The van der Waals surface area contributed by atoms with Gasteiger partial charge in [0.2, 0.25) is 0 Å². The molecule has 86 valence electrons. The summed E-state index contributed by atoms with van der Waals surface area (Å²) in [6.07, 6.45) is 2.25. The van der Waals surface area contributed by atoms with E-state index in [9.17, 15) is 9.59 Å². The number of rotatable bonds is 2. The SMILES string of the molecule is O=C(O)[C@@H]1CCCCN1C(=O)c1cscn1. The van der Waals surface area contributed by atoms with Crippen molar-refractivity contribution in [3.63, 3.8) is 0 Å². The predicted molar refractivity (Wildman–Crippen MR) is 58.4 cm³/mol. The topological polar surface area (TPSA) is 70.5 Å². The van der Waals surface area contributed by atoms with Gasteiger partial charge in [-0.05, 0) is 19.3 Å². The lowest BCUT2D eigenvalue weighted by atomic mass is 10.0. The molecule has 5 nitrogen and oxygen atoms in total. The van der Waals surface area contributed by atoms with E-state index in [0.29, 0.717) is 18.7 Å². The zero-order valence-electron chi connectivity index (χ0n) is 8.63. The van der Waals surface area contributed by atoms with E-state index in [-0.39, 0.29) is 5.91 Å². The summed E-state index contributed by atoms with van der Waals surface area (Å²) in [5.74, 6) is -1.20. The Balaban J connectivity index is 2.17. The van der Waals surface area contributed by atoms with Crippen molar-refractivity contribution in [1.29, 1.82) is 0 Å². The Hall–Kier alpha value is -1.43. The van der Waals surface area contributed by atoms with Gasteiger partial charge in [0.25, 0.3) is 5.91 Å². The summed E-state index contributed by atoms with van der Waals surface area (Å²) >= 11 is 1.34. The summed E-state index contributed by atoms with van der Waals surface area (Å²) in [6.45, 7) is 0.507. The molecule has 16 heavy (non-hydrogen) atoms. The Bertz CT molecular complexity index is 391. The smallest absolute Gasteiger partial charge is 0.326 e. The van der Waals surface area contributed by atoms with E-state index in [1.165, 1.54) is 16.2 Å². The Labute approximate surface area is 96.7 Å². The highest BCUT2D eigenvalue weighted by molar-refractivity contribution is 7.07. The number of aromatic nitrogens is 1. The number of carboxylic acids is 1. The largest absolute Gasteiger partial charge is 0.480 e. The number of thiazole rings is 1. The lowest BCUT2D eigenvalue weighted by Gasteiger charge is -2.32. The van der Waals surface area contributed by atoms with Crippen LogP contribution in [0.1, 0.15) is 29.8 Å². The van der Waals surface area contributed by atoms with E-state index in [4.69, 9.17) is 5.11 Å². The fourth-order valence-electron chi connectivity index (χ4n) is 1.90. The van der Waals surface area contributed by atoms with Gasteiger partial charge in [0.1, 0.15) is 11.7 Å². The molecule has 1 aromatic rings. The van der Waals surface area contributed by atoms with Crippen molar-refractivity contribution in [2.75, 3.05) is 6.54 Å². The van der Waals surface area contributed by atoms with Crippen LogP contribution < -0.4 is 0 Å². The first-order chi connectivity index (χ1) is 7.70. The maximum absolute atomic E-state index is 12.0. The zero-order valence-corrected chi connectivity index (χ0v) is 9.44. The van der Waals surface area contributed by atoms with Gasteiger partial charge in [-0.1, -0.05) is 0 Å². The first-order valence-electron chi connectivity index (χ1n) is 5.12. The summed E-state index contributed by atoms with van der Waals surface area (Å²) in [5, 5.41) is 10.7. The van der Waals surface area contributed by atoms with Gasteiger partial charge >= 0.3 is 5.97 Å². The number of carbonyl (C=O) groups excluding carboxylic acids is 1. The van der Waals surface area contributed by atoms with Crippen molar-refractivity contribution in [2.45, 2.75) is 25.3 Å². The molecular formula is C10H12N2O3S. The molecule has 0 bridgehead atoms. The molecule has 0 aliphatic carbocycles. The molecule has 1 N–H and O–H groups in total. The lowest BCUT2D eigenvalue weighted by Crippen LogP contribution is -2.48. The number of likely N-dealkylation sites (tertiary alicyclic amines) is 1.